The van der Waals surface area contributed by atoms with Gasteiger partial charge in [-0.05, 0) is 48.9 Å². The van der Waals surface area contributed by atoms with E-state index in [0.717, 1.165) is 17.7 Å². The molecule has 2 heterocycles. The number of ether oxygens (including phenoxy) is 2. The van der Waals surface area contributed by atoms with Crippen molar-refractivity contribution >= 4 is 5.97 Å². The van der Waals surface area contributed by atoms with Crippen molar-refractivity contribution in [2.24, 2.45) is 0 Å². The average Bonchev–Trinajstić information content (AvgIpc) is 3.08. The number of esters is 1. The molecule has 0 fully saturated rings. The van der Waals surface area contributed by atoms with E-state index < -0.39 is 23.6 Å². The van der Waals surface area contributed by atoms with Crippen molar-refractivity contribution in [3.05, 3.63) is 82.4 Å². The summed E-state index contributed by atoms with van der Waals surface area (Å²) in [5.41, 5.74) is 1.72. The number of halogens is 3. The maximum absolute atomic E-state index is 13.1. The Balaban J connectivity index is 1.86. The topological polar surface area (TPSA) is 75.3 Å². The zero-order chi connectivity index (χ0) is 23.0. The van der Waals surface area contributed by atoms with Crippen molar-refractivity contribution in [2.75, 3.05) is 7.11 Å². The van der Waals surface area contributed by atoms with E-state index in [1.165, 1.54) is 40.9 Å². The van der Waals surface area contributed by atoms with Gasteiger partial charge in [0.1, 0.15) is 17.0 Å². The number of nitrogens with zero attached hydrogens (tertiary/aromatic N) is 3. The van der Waals surface area contributed by atoms with Crippen LogP contribution in [0.5, 0.6) is 5.75 Å². The molecule has 0 atom stereocenters. The molecular weight excluding hydrogens is 427 g/mol. The summed E-state index contributed by atoms with van der Waals surface area (Å²) < 4.78 is 48.6. The Morgan fingerprint density at radius 3 is 2.38 bits per heavy atom. The lowest BCUT2D eigenvalue weighted by molar-refractivity contribution is -0.274. The number of aryl methyl sites for hydroxylation is 1. The first kappa shape index (κ1) is 21.2. The van der Waals surface area contributed by atoms with Crippen LogP contribution in [0.2, 0.25) is 0 Å². The minimum Gasteiger partial charge on any atom is -0.465 e. The van der Waals surface area contributed by atoms with Crippen molar-refractivity contribution in [3.63, 3.8) is 0 Å². The number of hydrogen-bond acceptors (Lipinski definition) is 5. The molecule has 164 valence electrons. The summed E-state index contributed by atoms with van der Waals surface area (Å²) in [7, 11) is 1.20. The first-order valence-electron chi connectivity index (χ1n) is 9.33. The van der Waals surface area contributed by atoms with Crippen molar-refractivity contribution in [1.82, 2.24) is 14.3 Å². The summed E-state index contributed by atoms with van der Waals surface area (Å²) in [6.07, 6.45) is -1.95. The first-order valence-corrected chi connectivity index (χ1v) is 9.33. The lowest BCUT2D eigenvalue weighted by atomic mass is 10.1. The van der Waals surface area contributed by atoms with Crippen molar-refractivity contribution in [2.45, 2.75) is 13.3 Å². The average molecular weight is 443 g/mol. The molecule has 0 spiro atoms. The Morgan fingerprint density at radius 2 is 1.75 bits per heavy atom. The molecule has 2 aromatic carbocycles. The van der Waals surface area contributed by atoms with Gasteiger partial charge in [-0.2, -0.15) is 9.78 Å². The van der Waals surface area contributed by atoms with Crippen molar-refractivity contribution < 1.29 is 27.4 Å². The number of aromatic nitrogens is 3. The molecule has 4 rings (SSSR count). The minimum absolute atomic E-state index is 0.0316. The van der Waals surface area contributed by atoms with Crippen LogP contribution in [-0.4, -0.2) is 33.8 Å². The Morgan fingerprint density at radius 1 is 1.03 bits per heavy atom. The number of rotatable bonds is 4. The lowest BCUT2D eigenvalue weighted by Gasteiger charge is -2.13. The molecule has 32 heavy (non-hydrogen) atoms. The first-order chi connectivity index (χ1) is 15.2. The van der Waals surface area contributed by atoms with Crippen LogP contribution >= 0.6 is 0 Å². The number of benzene rings is 2. The highest BCUT2D eigenvalue weighted by Gasteiger charge is 2.31. The second-order valence-corrected chi connectivity index (χ2v) is 6.93. The summed E-state index contributed by atoms with van der Waals surface area (Å²) in [5, 5.41) is 4.33. The molecular formula is C22H16F3N3O4. The fourth-order valence-corrected chi connectivity index (χ4v) is 3.27. The maximum Gasteiger partial charge on any atom is 0.573 e. The highest BCUT2D eigenvalue weighted by Crippen LogP contribution is 2.27. The van der Waals surface area contributed by atoms with Gasteiger partial charge >= 0.3 is 12.3 Å². The summed E-state index contributed by atoms with van der Waals surface area (Å²) in [5.74, 6) is -1.11. The quantitative estimate of drug-likeness (QED) is 0.444. The van der Waals surface area contributed by atoms with Gasteiger partial charge < -0.3 is 14.0 Å². The molecule has 2 aromatic rings. The monoisotopic (exact) mass is 443 g/mol. The Labute approximate surface area is 179 Å². The van der Waals surface area contributed by atoms with E-state index in [4.69, 9.17) is 4.74 Å². The van der Waals surface area contributed by atoms with Gasteiger partial charge in [-0.3, -0.25) is 4.79 Å². The number of hydrogen-bond donors (Lipinski definition) is 0. The molecule has 0 saturated heterocycles. The molecule has 7 nitrogen and oxygen atoms in total. The molecule has 0 aromatic heterocycles. The molecule has 0 saturated carbocycles. The summed E-state index contributed by atoms with van der Waals surface area (Å²) in [4.78, 5) is 25.5. The predicted molar refractivity (Wildman–Crippen MR) is 109 cm³/mol. The highest BCUT2D eigenvalue weighted by atomic mass is 19.4. The van der Waals surface area contributed by atoms with Crippen LogP contribution in [0.15, 0.2) is 65.7 Å². The molecule has 0 bridgehead atoms. The lowest BCUT2D eigenvalue weighted by Crippen LogP contribution is -2.17. The van der Waals surface area contributed by atoms with Crippen LogP contribution < -0.4 is 10.3 Å². The Bertz CT molecular complexity index is 1320. The fourth-order valence-electron chi connectivity index (χ4n) is 3.27. The molecule has 2 aliphatic heterocycles. The van der Waals surface area contributed by atoms with E-state index in [1.54, 1.807) is 18.2 Å². The Kier molecular flexibility index (Phi) is 5.21. The number of methoxy groups -OCH3 is 1. The summed E-state index contributed by atoms with van der Waals surface area (Å²) in [6, 6.07) is 12.1. The van der Waals surface area contributed by atoms with E-state index in [0.29, 0.717) is 11.4 Å². The van der Waals surface area contributed by atoms with Crippen LogP contribution in [0.3, 0.4) is 0 Å². The fraction of sp³-hybridized carbons (Fsp3) is 0.136. The van der Waals surface area contributed by atoms with Crippen LogP contribution in [-0.2, 0) is 4.74 Å². The van der Waals surface area contributed by atoms with E-state index >= 15 is 0 Å². The largest absolute Gasteiger partial charge is 0.573 e. The molecule has 0 amide bonds. The molecule has 2 aliphatic rings. The number of carbonyl (C=O) groups is 1. The zero-order valence-electron chi connectivity index (χ0n) is 16.9. The summed E-state index contributed by atoms with van der Waals surface area (Å²) >= 11 is 0. The van der Waals surface area contributed by atoms with E-state index in [1.807, 2.05) is 13.0 Å². The Hall–Kier alpha value is -4.08. The van der Waals surface area contributed by atoms with Gasteiger partial charge in [0.25, 0.3) is 5.56 Å². The highest BCUT2D eigenvalue weighted by molar-refractivity contribution is 5.96. The SMILES string of the molecule is COC(=O)c1cn(-c2ccc(OC(F)(F)F)cc2)cc2c(=O)n(-c3cccc(C)c3)nc1-2. The normalized spacial score (nSPS) is 11.5. The third-order valence-electron chi connectivity index (χ3n) is 4.69. The predicted octanol–water partition coefficient (Wildman–Crippen LogP) is 4.12. The number of carbonyl (C=O) groups excluding carboxylic acids is 1. The van der Waals surface area contributed by atoms with Crippen molar-refractivity contribution in [1.29, 1.82) is 0 Å². The van der Waals surface area contributed by atoms with E-state index in [2.05, 4.69) is 9.84 Å². The van der Waals surface area contributed by atoms with Crippen LogP contribution in [0.25, 0.3) is 22.6 Å². The smallest absolute Gasteiger partial charge is 0.465 e. The molecule has 0 radical (unpaired) electrons. The van der Waals surface area contributed by atoms with Gasteiger partial charge in [0.05, 0.1) is 18.4 Å². The molecule has 0 aliphatic carbocycles. The van der Waals surface area contributed by atoms with Gasteiger partial charge in [0.15, 0.2) is 0 Å². The third kappa shape index (κ3) is 4.07. The second kappa shape index (κ2) is 7.88. The second-order valence-electron chi connectivity index (χ2n) is 6.93. The van der Waals surface area contributed by atoms with Crippen LogP contribution in [0, 0.1) is 6.92 Å². The number of fused-ring (bicyclic) bond motifs is 1. The van der Waals surface area contributed by atoms with Crippen LogP contribution in [0.4, 0.5) is 13.2 Å². The van der Waals surface area contributed by atoms with Gasteiger partial charge in [-0.15, -0.1) is 13.2 Å². The zero-order valence-corrected chi connectivity index (χ0v) is 16.9. The maximum atomic E-state index is 13.1. The third-order valence-corrected chi connectivity index (χ3v) is 4.69. The van der Waals surface area contributed by atoms with Crippen molar-refractivity contribution in [3.8, 4) is 28.4 Å². The standard InChI is InChI=1S/C22H16F3N3O4/c1-13-4-3-5-15(10-13)28-20(29)17-11-27(12-18(19(17)26-28)21(30)31-2)14-6-8-16(9-7-14)32-22(23,24)25/h3-12H,1-2H3. The van der Waals surface area contributed by atoms with Gasteiger partial charge in [-0.25, -0.2) is 4.79 Å². The van der Waals surface area contributed by atoms with Crippen LogP contribution in [0.1, 0.15) is 15.9 Å². The minimum atomic E-state index is -4.81. The molecule has 10 heteroatoms. The van der Waals surface area contributed by atoms with E-state index in [9.17, 15) is 22.8 Å². The number of alkyl halides is 3. The summed E-state index contributed by atoms with van der Waals surface area (Å²) in [6.45, 7) is 1.87. The molecule has 0 N–H and O–H groups in total. The van der Waals surface area contributed by atoms with E-state index in [-0.39, 0.29) is 16.8 Å². The molecule has 0 unspecified atom stereocenters. The number of pyridine rings is 1. The van der Waals surface area contributed by atoms with Gasteiger partial charge in [0, 0.05) is 18.1 Å². The van der Waals surface area contributed by atoms with Gasteiger partial charge in [0.2, 0.25) is 0 Å². The van der Waals surface area contributed by atoms with Gasteiger partial charge in [-0.1, -0.05) is 12.1 Å².